The van der Waals surface area contributed by atoms with E-state index in [1.807, 2.05) is 0 Å². The fourth-order valence-electron chi connectivity index (χ4n) is 8.13. The van der Waals surface area contributed by atoms with Crippen molar-refractivity contribution in [3.63, 3.8) is 0 Å². The summed E-state index contributed by atoms with van der Waals surface area (Å²) in [5.41, 5.74) is 82.4. The van der Waals surface area contributed by atoms with Crippen LogP contribution in [-0.4, -0.2) is 212 Å². The number of carboxylic acid groups (broad SMARTS) is 1. The standard InChI is InChI=1S/C51H101N31O11/c1-25(74-38(86)28(52)11-4-18-67-45(53)54)35(83)77-31(14-7-21-70-48(59)60)41(89)80-29(12-5-19-68-46(55)56)39(87)75-26(2)36(84)78-32(15-8-22-71-49(61)62)42(90)81-30(13-6-20-69-47(57)58)40(88)76-27(3)37(85)79-33(16-9-23-72-50(63)64)43(91)82-34(44(92)93)17-10-24-73-51(65)66/h25-34H,4-24,52H2,1-3H3,(H,74,86)(H,75,87)(H,76,88)(H,77,83)(H,78,84)(H,79,85)(H,80,89)(H,81,90)(H,82,91)(H,92,93)(H4,53,54,67)(H4,55,56,68)(H4,57,58,69)(H4,59,60,70)(H4,61,62,71)(H4,63,64,72)(H4,65,66,73)/t25-,26-,27-,28-,29-,30-,31-,32-,33-,34-/m0/s1. The molecule has 93 heavy (non-hydrogen) atoms. The Bertz CT molecular complexity index is 2640. The van der Waals surface area contributed by atoms with E-state index in [2.05, 4.69) is 82.8 Å². The highest BCUT2D eigenvalue weighted by Gasteiger charge is 2.34. The minimum absolute atomic E-state index is 0.00991. The summed E-state index contributed by atoms with van der Waals surface area (Å²) in [6, 6.07) is -13.7. The Morgan fingerprint density at radius 3 is 0.656 bits per heavy atom. The highest BCUT2D eigenvalue weighted by Crippen LogP contribution is 2.10. The maximum Gasteiger partial charge on any atom is 0.326 e. The number of aliphatic carboxylic acids is 1. The molecule has 40 N–H and O–H groups in total. The van der Waals surface area contributed by atoms with Crippen molar-refractivity contribution in [3.8, 4) is 0 Å². The first-order chi connectivity index (χ1) is 43.6. The van der Waals surface area contributed by atoms with Crippen LogP contribution >= 0.6 is 0 Å². The van der Waals surface area contributed by atoms with Crippen LogP contribution in [0.4, 0.5) is 0 Å². The summed E-state index contributed by atoms with van der Waals surface area (Å²) < 4.78 is 0. The lowest BCUT2D eigenvalue weighted by molar-refractivity contribution is -0.142. The molecule has 526 valence electrons. The van der Waals surface area contributed by atoms with Crippen molar-refractivity contribution in [3.05, 3.63) is 0 Å². The lowest BCUT2D eigenvalue weighted by atomic mass is 10.1. The number of nitrogens with one attached hydrogen (secondary N) is 9. The molecule has 0 saturated carbocycles. The van der Waals surface area contributed by atoms with Crippen LogP contribution in [0.3, 0.4) is 0 Å². The van der Waals surface area contributed by atoms with Crippen LogP contribution in [0, 0.1) is 0 Å². The van der Waals surface area contributed by atoms with E-state index in [1.165, 1.54) is 20.8 Å². The molecule has 0 unspecified atom stereocenters. The summed E-state index contributed by atoms with van der Waals surface area (Å²) in [5.74, 6) is -11.0. The van der Waals surface area contributed by atoms with Gasteiger partial charge in [-0.25, -0.2) is 4.79 Å². The maximum atomic E-state index is 14.3. The van der Waals surface area contributed by atoms with E-state index in [0.29, 0.717) is 6.42 Å². The Morgan fingerprint density at radius 1 is 0.269 bits per heavy atom. The van der Waals surface area contributed by atoms with Gasteiger partial charge in [-0.15, -0.1) is 0 Å². The van der Waals surface area contributed by atoms with Gasteiger partial charge in [-0.3, -0.25) is 78.1 Å². The van der Waals surface area contributed by atoms with Crippen molar-refractivity contribution in [1.82, 2.24) is 47.9 Å². The SMILES string of the molecule is C[C@H](NC(=O)[C@H](CCCN=C(N)N)NC(=O)[C@H](CCCN=C(N)N)NC(=O)[C@H](C)NC(=O)[C@H](CCCN=C(N)N)NC(=O)[C@H](CCCN=C(N)N)NC(=O)[C@H](C)NC(=O)[C@@H](N)CCCN=C(N)N)C(=O)N[C@@H](CCCN=C(N)N)C(=O)N[C@@H](CCCN=C(N)N)C(=O)O. The largest absolute Gasteiger partial charge is 0.480 e. The van der Waals surface area contributed by atoms with Gasteiger partial charge in [0.1, 0.15) is 54.4 Å². The highest BCUT2D eigenvalue weighted by atomic mass is 16.4. The predicted molar refractivity (Wildman–Crippen MR) is 349 cm³/mol. The third-order valence-electron chi connectivity index (χ3n) is 13.0. The number of hydrogen-bond acceptors (Lipinski definition) is 18. The molecule has 0 saturated heterocycles. The fraction of sp³-hybridized carbons (Fsp3) is 0.667. The summed E-state index contributed by atoms with van der Waals surface area (Å²) in [7, 11) is 0. The van der Waals surface area contributed by atoms with Gasteiger partial charge in [-0.1, -0.05) is 0 Å². The number of carboxylic acids is 1. The lowest BCUT2D eigenvalue weighted by Gasteiger charge is -2.27. The van der Waals surface area contributed by atoms with E-state index in [4.69, 9.17) is 86.0 Å². The highest BCUT2D eigenvalue weighted by molar-refractivity contribution is 5.98. The van der Waals surface area contributed by atoms with Gasteiger partial charge in [0.15, 0.2) is 41.7 Å². The van der Waals surface area contributed by atoms with Gasteiger partial charge in [0.25, 0.3) is 0 Å². The number of carbonyl (C=O) groups is 10. The Hall–Kier alpha value is -10.4. The zero-order chi connectivity index (χ0) is 70.8. The topological polar surface area (TPSA) is 776 Å². The molecule has 0 radical (unpaired) electrons. The van der Waals surface area contributed by atoms with Crippen LogP contribution in [0.5, 0.6) is 0 Å². The molecule has 0 aliphatic heterocycles. The molecule has 0 fully saturated rings. The third-order valence-corrected chi connectivity index (χ3v) is 13.0. The lowest BCUT2D eigenvalue weighted by Crippen LogP contribution is -2.60. The van der Waals surface area contributed by atoms with Crippen LogP contribution in [0.2, 0.25) is 0 Å². The van der Waals surface area contributed by atoms with E-state index in [1.54, 1.807) is 0 Å². The number of amides is 9. The summed E-state index contributed by atoms with van der Waals surface area (Å²) in [6.45, 7) is 4.13. The maximum absolute atomic E-state index is 14.3. The van der Waals surface area contributed by atoms with Gasteiger partial charge in [0.2, 0.25) is 53.2 Å². The van der Waals surface area contributed by atoms with Gasteiger partial charge < -0.3 is 139 Å². The number of guanidine groups is 7. The van der Waals surface area contributed by atoms with E-state index >= 15 is 0 Å². The molecule has 0 aromatic carbocycles. The van der Waals surface area contributed by atoms with Crippen LogP contribution in [0.1, 0.15) is 111 Å². The summed E-state index contributed by atoms with van der Waals surface area (Å²) in [5, 5.41) is 32.6. The molecular weight excluding hydrogens is 1220 g/mol. The monoisotopic (exact) mass is 1320 g/mol. The van der Waals surface area contributed by atoms with Crippen LogP contribution in [0.15, 0.2) is 34.9 Å². The molecule has 0 aromatic heterocycles. The number of aliphatic imine (C=N–C) groups is 7. The predicted octanol–water partition coefficient (Wildman–Crippen LogP) is -11.8. The quantitative estimate of drug-likeness (QED) is 0.0153. The van der Waals surface area contributed by atoms with Crippen LogP contribution in [0.25, 0.3) is 0 Å². The molecule has 0 spiro atoms. The Labute approximate surface area is 538 Å². The number of nitrogens with zero attached hydrogens (tertiary/aromatic N) is 7. The molecule has 10 atom stereocenters. The molecule has 0 heterocycles. The number of hydrogen-bond donors (Lipinski definition) is 25. The van der Waals surface area contributed by atoms with E-state index in [0.717, 1.165) is 0 Å². The molecule has 0 aliphatic carbocycles. The summed E-state index contributed by atoms with van der Waals surface area (Å²) in [6.07, 6.45) is 0.407. The Balaban J connectivity index is 6.90. The van der Waals surface area contributed by atoms with Crippen molar-refractivity contribution < 1.29 is 53.1 Å². The fourth-order valence-corrected chi connectivity index (χ4v) is 8.13. The molecule has 42 heteroatoms. The van der Waals surface area contributed by atoms with Crippen molar-refractivity contribution >= 4 is 101 Å². The molecule has 42 nitrogen and oxygen atoms in total. The first kappa shape index (κ1) is 82.6. The smallest absolute Gasteiger partial charge is 0.326 e. The van der Waals surface area contributed by atoms with Crippen molar-refractivity contribution in [2.45, 2.75) is 171 Å². The van der Waals surface area contributed by atoms with Crippen molar-refractivity contribution in [1.29, 1.82) is 0 Å². The average Bonchev–Trinajstić information content (AvgIpc) is 1.57. The number of nitrogens with two attached hydrogens (primary N) is 15. The molecule has 0 aromatic rings. The zero-order valence-corrected chi connectivity index (χ0v) is 52.9. The minimum Gasteiger partial charge on any atom is -0.480 e. The first-order valence-corrected chi connectivity index (χ1v) is 29.7. The van der Waals surface area contributed by atoms with Gasteiger partial charge in [-0.2, -0.15) is 0 Å². The van der Waals surface area contributed by atoms with Crippen LogP contribution in [-0.2, 0) is 47.9 Å². The van der Waals surface area contributed by atoms with Crippen molar-refractivity contribution in [2.75, 3.05) is 45.8 Å². The number of carbonyl (C=O) groups excluding carboxylic acids is 9. The van der Waals surface area contributed by atoms with Gasteiger partial charge in [-0.05, 0) is 111 Å². The minimum atomic E-state index is -1.48. The van der Waals surface area contributed by atoms with Gasteiger partial charge >= 0.3 is 5.97 Å². The summed E-state index contributed by atoms with van der Waals surface area (Å²) in [4.78, 5) is 164. The second-order valence-corrected chi connectivity index (χ2v) is 21.1. The summed E-state index contributed by atoms with van der Waals surface area (Å²) >= 11 is 0. The first-order valence-electron chi connectivity index (χ1n) is 29.7. The van der Waals surface area contributed by atoms with Gasteiger partial charge in [0, 0.05) is 45.8 Å². The second-order valence-electron chi connectivity index (χ2n) is 21.1. The molecule has 0 bridgehead atoms. The number of rotatable bonds is 47. The van der Waals surface area contributed by atoms with E-state index < -0.39 is 120 Å². The van der Waals surface area contributed by atoms with Crippen molar-refractivity contribution in [2.24, 2.45) is 121 Å². The zero-order valence-electron chi connectivity index (χ0n) is 52.9. The van der Waals surface area contributed by atoms with Crippen LogP contribution < -0.4 is 134 Å². The molecule has 0 rings (SSSR count). The normalized spacial score (nSPS) is 13.8. The third kappa shape index (κ3) is 39.3. The van der Waals surface area contributed by atoms with Gasteiger partial charge in [0.05, 0.1) is 6.04 Å². The average molecular weight is 1320 g/mol. The van der Waals surface area contributed by atoms with E-state index in [9.17, 15) is 53.1 Å². The van der Waals surface area contributed by atoms with E-state index in [-0.39, 0.29) is 171 Å². The Kier molecular flexibility index (Phi) is 40.6. The second kappa shape index (κ2) is 45.7. The molecular formula is C51H101N31O11. The Morgan fingerprint density at radius 2 is 0.441 bits per heavy atom. The molecule has 0 aliphatic rings. The molecule has 9 amide bonds.